The maximum atomic E-state index is 5.66. The van der Waals surface area contributed by atoms with Crippen LogP contribution in [0.15, 0.2) is 90.1 Å². The minimum atomic E-state index is 0.430. The van der Waals surface area contributed by atoms with E-state index in [-0.39, 0.29) is 0 Å². The summed E-state index contributed by atoms with van der Waals surface area (Å²) in [4.78, 5) is 5.66. The van der Waals surface area contributed by atoms with Crippen molar-refractivity contribution in [1.82, 2.24) is 4.57 Å². The Bertz CT molecular complexity index is 1250. The highest BCUT2D eigenvalue weighted by Gasteiger charge is 2.18. The molecule has 168 valence electrons. The summed E-state index contributed by atoms with van der Waals surface area (Å²) >= 11 is 0. The SMILES string of the molecule is COc1ccc(-n2c(-c3ccccc3)cc(/C(C)=N\OCc3ccccc3)c2C)cc1OC. The van der Waals surface area contributed by atoms with E-state index in [2.05, 4.69) is 34.8 Å². The molecular weight excluding hydrogens is 412 g/mol. The first-order chi connectivity index (χ1) is 16.1. The lowest BCUT2D eigenvalue weighted by atomic mass is 10.1. The van der Waals surface area contributed by atoms with E-state index in [1.165, 1.54) is 0 Å². The number of methoxy groups -OCH3 is 2. The molecule has 0 fully saturated rings. The van der Waals surface area contributed by atoms with Gasteiger partial charge in [-0.1, -0.05) is 65.8 Å². The number of nitrogens with zero attached hydrogens (tertiary/aromatic N) is 2. The maximum absolute atomic E-state index is 5.66. The molecule has 1 heterocycles. The predicted octanol–water partition coefficient (Wildman–Crippen LogP) is 6.41. The molecule has 0 aliphatic heterocycles. The number of benzene rings is 3. The Morgan fingerprint density at radius 2 is 1.48 bits per heavy atom. The summed E-state index contributed by atoms with van der Waals surface area (Å²) in [6, 6.07) is 28.4. The molecule has 0 saturated carbocycles. The second kappa shape index (κ2) is 10.1. The van der Waals surface area contributed by atoms with Gasteiger partial charge in [-0.3, -0.25) is 0 Å². The molecule has 5 nitrogen and oxygen atoms in total. The van der Waals surface area contributed by atoms with Crippen molar-refractivity contribution in [2.24, 2.45) is 5.16 Å². The van der Waals surface area contributed by atoms with E-state index in [4.69, 9.17) is 14.3 Å². The second-order valence-electron chi connectivity index (χ2n) is 7.71. The van der Waals surface area contributed by atoms with Crippen LogP contribution in [0.25, 0.3) is 16.9 Å². The van der Waals surface area contributed by atoms with Crippen molar-refractivity contribution in [1.29, 1.82) is 0 Å². The van der Waals surface area contributed by atoms with E-state index in [1.54, 1.807) is 14.2 Å². The number of rotatable bonds is 8. The van der Waals surface area contributed by atoms with E-state index in [1.807, 2.05) is 73.7 Å². The molecule has 0 amide bonds. The third-order valence-corrected chi connectivity index (χ3v) is 5.61. The average Bonchev–Trinajstić information content (AvgIpc) is 3.21. The summed E-state index contributed by atoms with van der Waals surface area (Å²) in [5.74, 6) is 1.37. The van der Waals surface area contributed by atoms with Crippen molar-refractivity contribution < 1.29 is 14.3 Å². The van der Waals surface area contributed by atoms with Gasteiger partial charge in [-0.2, -0.15) is 0 Å². The van der Waals surface area contributed by atoms with Gasteiger partial charge in [0.05, 0.1) is 25.6 Å². The van der Waals surface area contributed by atoms with Crippen molar-refractivity contribution in [2.75, 3.05) is 14.2 Å². The largest absolute Gasteiger partial charge is 0.493 e. The normalized spacial score (nSPS) is 11.3. The van der Waals surface area contributed by atoms with E-state index >= 15 is 0 Å². The van der Waals surface area contributed by atoms with Crippen LogP contribution < -0.4 is 9.47 Å². The fourth-order valence-corrected chi connectivity index (χ4v) is 3.92. The van der Waals surface area contributed by atoms with E-state index in [0.29, 0.717) is 18.1 Å². The van der Waals surface area contributed by atoms with Gasteiger partial charge in [-0.15, -0.1) is 0 Å². The summed E-state index contributed by atoms with van der Waals surface area (Å²) in [5.41, 5.74) is 7.14. The van der Waals surface area contributed by atoms with Crippen molar-refractivity contribution in [3.63, 3.8) is 0 Å². The van der Waals surface area contributed by atoms with Crippen LogP contribution in [0, 0.1) is 6.92 Å². The Balaban J connectivity index is 1.75. The van der Waals surface area contributed by atoms with Crippen LogP contribution in [0.4, 0.5) is 0 Å². The van der Waals surface area contributed by atoms with Crippen LogP contribution in [0.1, 0.15) is 23.7 Å². The lowest BCUT2D eigenvalue weighted by Crippen LogP contribution is -2.03. The van der Waals surface area contributed by atoms with Crippen LogP contribution in [0.3, 0.4) is 0 Å². The van der Waals surface area contributed by atoms with Crippen LogP contribution in [-0.2, 0) is 11.4 Å². The third kappa shape index (κ3) is 4.77. The summed E-state index contributed by atoms with van der Waals surface area (Å²) in [5, 5.41) is 4.41. The number of aromatic nitrogens is 1. The molecule has 1 aromatic heterocycles. The zero-order valence-corrected chi connectivity index (χ0v) is 19.4. The molecule has 0 bridgehead atoms. The molecule has 3 aromatic carbocycles. The Morgan fingerprint density at radius 1 is 0.818 bits per heavy atom. The first-order valence-corrected chi connectivity index (χ1v) is 10.8. The van der Waals surface area contributed by atoms with Crippen LogP contribution in [0.5, 0.6) is 11.5 Å². The van der Waals surface area contributed by atoms with Gasteiger partial charge >= 0.3 is 0 Å². The number of hydrogen-bond donors (Lipinski definition) is 0. The lowest BCUT2D eigenvalue weighted by Gasteiger charge is -2.15. The monoisotopic (exact) mass is 440 g/mol. The average molecular weight is 441 g/mol. The van der Waals surface area contributed by atoms with Crippen molar-refractivity contribution in [3.8, 4) is 28.4 Å². The standard InChI is InChI=1S/C28H28N2O3/c1-20(29-33-19-22-11-7-5-8-12-22)25-18-26(23-13-9-6-10-14-23)30(21(25)2)24-15-16-27(31-3)28(17-24)32-4/h5-18H,19H2,1-4H3/b29-20-. The minimum absolute atomic E-state index is 0.430. The molecule has 0 aliphatic rings. The molecule has 0 N–H and O–H groups in total. The second-order valence-corrected chi connectivity index (χ2v) is 7.71. The van der Waals surface area contributed by atoms with Crippen molar-refractivity contribution in [3.05, 3.63) is 102 Å². The van der Waals surface area contributed by atoms with Gasteiger partial charge in [-0.25, -0.2) is 0 Å². The van der Waals surface area contributed by atoms with Gasteiger partial charge in [0.15, 0.2) is 11.5 Å². The Labute approximate surface area is 194 Å². The first-order valence-electron chi connectivity index (χ1n) is 10.8. The van der Waals surface area contributed by atoms with E-state index in [0.717, 1.165) is 39.5 Å². The van der Waals surface area contributed by atoms with Gasteiger partial charge < -0.3 is 18.9 Å². The number of hydrogen-bond acceptors (Lipinski definition) is 4. The zero-order chi connectivity index (χ0) is 23.2. The summed E-state index contributed by atoms with van der Waals surface area (Å²) in [6.45, 7) is 4.49. The predicted molar refractivity (Wildman–Crippen MR) is 132 cm³/mol. The number of oxime groups is 1. The van der Waals surface area contributed by atoms with Crippen LogP contribution in [-0.4, -0.2) is 24.5 Å². The first kappa shape index (κ1) is 22.2. The quantitative estimate of drug-likeness (QED) is 0.235. The van der Waals surface area contributed by atoms with Crippen molar-refractivity contribution in [2.45, 2.75) is 20.5 Å². The minimum Gasteiger partial charge on any atom is -0.493 e. The Hall–Kier alpha value is -3.99. The zero-order valence-electron chi connectivity index (χ0n) is 19.4. The molecule has 0 aliphatic carbocycles. The topological polar surface area (TPSA) is 45.0 Å². The van der Waals surface area contributed by atoms with Gasteiger partial charge in [0.2, 0.25) is 0 Å². The van der Waals surface area contributed by atoms with Crippen molar-refractivity contribution >= 4 is 5.71 Å². The van der Waals surface area contributed by atoms with Gasteiger partial charge in [0, 0.05) is 23.0 Å². The molecular formula is C28H28N2O3. The van der Waals surface area contributed by atoms with Gasteiger partial charge in [0.1, 0.15) is 6.61 Å². The molecule has 4 rings (SSSR count). The molecule has 0 atom stereocenters. The summed E-state index contributed by atoms with van der Waals surface area (Å²) in [6.07, 6.45) is 0. The van der Waals surface area contributed by atoms with Crippen LogP contribution in [0.2, 0.25) is 0 Å². The molecule has 0 saturated heterocycles. The molecule has 0 radical (unpaired) electrons. The van der Waals surface area contributed by atoms with E-state index < -0.39 is 0 Å². The van der Waals surface area contributed by atoms with Crippen LogP contribution >= 0.6 is 0 Å². The maximum Gasteiger partial charge on any atom is 0.162 e. The molecule has 4 aromatic rings. The molecule has 33 heavy (non-hydrogen) atoms. The summed E-state index contributed by atoms with van der Waals surface area (Å²) < 4.78 is 13.2. The Kier molecular flexibility index (Phi) is 6.79. The number of ether oxygens (including phenoxy) is 2. The van der Waals surface area contributed by atoms with E-state index in [9.17, 15) is 0 Å². The fourth-order valence-electron chi connectivity index (χ4n) is 3.92. The smallest absolute Gasteiger partial charge is 0.162 e. The molecule has 5 heteroatoms. The third-order valence-electron chi connectivity index (χ3n) is 5.61. The highest BCUT2D eigenvalue weighted by molar-refractivity contribution is 6.01. The summed E-state index contributed by atoms with van der Waals surface area (Å²) in [7, 11) is 3.29. The fraction of sp³-hybridized carbons (Fsp3) is 0.179. The van der Waals surface area contributed by atoms with Gasteiger partial charge in [0.25, 0.3) is 0 Å². The molecule has 0 spiro atoms. The van der Waals surface area contributed by atoms with Gasteiger partial charge in [-0.05, 0) is 43.2 Å². The highest BCUT2D eigenvalue weighted by atomic mass is 16.6. The molecule has 0 unspecified atom stereocenters. The lowest BCUT2D eigenvalue weighted by molar-refractivity contribution is 0.130. The highest BCUT2D eigenvalue weighted by Crippen LogP contribution is 2.34. The Morgan fingerprint density at radius 3 is 2.15 bits per heavy atom.